The molecule has 1 aromatic carbocycles. The van der Waals surface area contributed by atoms with Gasteiger partial charge in [0.2, 0.25) is 5.78 Å². The summed E-state index contributed by atoms with van der Waals surface area (Å²) in [5, 5.41) is 21.4. The lowest BCUT2D eigenvalue weighted by Crippen LogP contribution is -2.71. The van der Waals surface area contributed by atoms with E-state index in [-0.39, 0.29) is 12.2 Å². The Hall–Kier alpha value is -1.56. The third-order valence-corrected chi connectivity index (χ3v) is 3.14. The van der Waals surface area contributed by atoms with Gasteiger partial charge in [0.05, 0.1) is 0 Å². The molecule has 5 heteroatoms. The van der Waals surface area contributed by atoms with Gasteiger partial charge in [0.1, 0.15) is 6.42 Å². The van der Waals surface area contributed by atoms with Crippen molar-refractivity contribution in [2.45, 2.75) is 25.6 Å². The summed E-state index contributed by atoms with van der Waals surface area (Å²) in [6, 6.07) is 7.32. The van der Waals surface area contributed by atoms with E-state index in [0.29, 0.717) is 5.56 Å². The molecule has 2 unspecified atom stereocenters. The van der Waals surface area contributed by atoms with E-state index in [9.17, 15) is 19.9 Å². The number of rotatable bonds is 3. The van der Waals surface area contributed by atoms with Gasteiger partial charge in [-0.15, -0.1) is 0 Å². The van der Waals surface area contributed by atoms with Crippen LogP contribution in [0, 0.1) is 5.21 Å². The molecule has 5 nitrogen and oxygen atoms in total. The molecule has 1 saturated heterocycles. The lowest BCUT2D eigenvalue weighted by molar-refractivity contribution is -0.894. The maximum absolute atomic E-state index is 12.1. The fourth-order valence-electron chi connectivity index (χ4n) is 2.04. The largest absolute Gasteiger partial charge is 0.623 e. The predicted molar refractivity (Wildman–Crippen MR) is 59.5 cm³/mol. The maximum Gasteiger partial charge on any atom is 0.322 e. The van der Waals surface area contributed by atoms with E-state index < -0.39 is 22.8 Å². The smallest absolute Gasteiger partial charge is 0.322 e. The zero-order chi connectivity index (χ0) is 12.6. The maximum atomic E-state index is 12.1. The van der Waals surface area contributed by atoms with Gasteiger partial charge in [-0.05, 0) is 0 Å². The molecule has 0 saturated carbocycles. The first-order chi connectivity index (χ1) is 7.98. The first-order valence-electron chi connectivity index (χ1n) is 5.38. The van der Waals surface area contributed by atoms with E-state index in [2.05, 4.69) is 0 Å². The van der Waals surface area contributed by atoms with Gasteiger partial charge in [0.25, 0.3) is 0 Å². The fraction of sp³-hybridized carbons (Fsp3) is 0.333. The quantitative estimate of drug-likeness (QED) is 0.364. The molecule has 0 spiro atoms. The second-order valence-electron chi connectivity index (χ2n) is 4.19. The van der Waals surface area contributed by atoms with Crippen LogP contribution in [0.2, 0.25) is 0 Å². The van der Waals surface area contributed by atoms with Gasteiger partial charge in [-0.1, -0.05) is 30.3 Å². The lowest BCUT2D eigenvalue weighted by atomic mass is 9.92. The molecular formula is C12H13NO4. The van der Waals surface area contributed by atoms with Crippen molar-refractivity contribution in [3.8, 4) is 0 Å². The van der Waals surface area contributed by atoms with Crippen LogP contribution in [0.15, 0.2) is 30.3 Å². The zero-order valence-corrected chi connectivity index (χ0v) is 9.37. The molecule has 0 aromatic heterocycles. The Morgan fingerprint density at radius 3 is 2.53 bits per heavy atom. The van der Waals surface area contributed by atoms with E-state index in [1.165, 1.54) is 6.92 Å². The molecule has 1 N–H and O–H groups in total. The lowest BCUT2D eigenvalue weighted by Gasteiger charge is -2.53. The molecule has 1 amide bonds. The Kier molecular flexibility index (Phi) is 2.82. The highest BCUT2D eigenvalue weighted by Crippen LogP contribution is 2.33. The first kappa shape index (κ1) is 11.9. The van der Waals surface area contributed by atoms with Crippen LogP contribution in [0.5, 0.6) is 0 Å². The van der Waals surface area contributed by atoms with Crippen LogP contribution in [-0.2, 0) is 4.79 Å². The number of aliphatic hydroxyl groups is 1. The van der Waals surface area contributed by atoms with Crippen molar-refractivity contribution in [1.29, 1.82) is 0 Å². The number of likely N-dealkylation sites (tertiary alicyclic amines) is 1. The molecular weight excluding hydrogens is 222 g/mol. The number of amides is 1. The van der Waals surface area contributed by atoms with Gasteiger partial charge in [-0.25, -0.2) is 4.79 Å². The summed E-state index contributed by atoms with van der Waals surface area (Å²) in [5.74, 6) is -1.03. The van der Waals surface area contributed by atoms with Crippen molar-refractivity contribution in [3.05, 3.63) is 41.1 Å². The Morgan fingerprint density at radius 1 is 1.47 bits per heavy atom. The third-order valence-electron chi connectivity index (χ3n) is 3.14. The van der Waals surface area contributed by atoms with E-state index >= 15 is 0 Å². The van der Waals surface area contributed by atoms with E-state index in [4.69, 9.17) is 0 Å². The van der Waals surface area contributed by atoms with Crippen molar-refractivity contribution in [2.24, 2.45) is 0 Å². The number of benzene rings is 1. The van der Waals surface area contributed by atoms with Crippen LogP contribution in [0.4, 0.5) is 0 Å². The number of Topliss-reactive ketones (excluding diaryl/α,β-unsaturated/α-hetero) is 1. The third kappa shape index (κ3) is 1.68. The Morgan fingerprint density at radius 2 is 2.06 bits per heavy atom. The van der Waals surface area contributed by atoms with Crippen molar-refractivity contribution in [3.63, 3.8) is 0 Å². The molecule has 1 aromatic rings. The standard InChI is InChI=1S/C12H13NO4/c1-8(14)13(17)10(7-11(13)15)12(16)9-5-3-2-4-6-9/h2-6,8,10,14H,7H2,1H3/t8-,10?,13?/m0/s1. The normalized spacial score (nSPS) is 29.6. The van der Waals surface area contributed by atoms with Crippen molar-refractivity contribution < 1.29 is 19.3 Å². The Labute approximate surface area is 98.5 Å². The minimum absolute atomic E-state index is 0.0951. The molecule has 1 heterocycles. The highest BCUT2D eigenvalue weighted by Gasteiger charge is 2.55. The molecule has 0 radical (unpaired) electrons. The zero-order valence-electron chi connectivity index (χ0n) is 9.37. The topological polar surface area (TPSA) is 77.4 Å². The fourth-order valence-corrected chi connectivity index (χ4v) is 2.04. The van der Waals surface area contributed by atoms with Gasteiger partial charge >= 0.3 is 5.91 Å². The molecule has 0 aliphatic carbocycles. The van der Waals surface area contributed by atoms with E-state index in [0.717, 1.165) is 0 Å². The van der Waals surface area contributed by atoms with Crippen LogP contribution < -0.4 is 0 Å². The van der Waals surface area contributed by atoms with Gasteiger partial charge in [-0.2, -0.15) is 0 Å². The number of β-lactam (4-membered cyclic amide) rings is 1. The average Bonchev–Trinajstić information content (AvgIpc) is 2.34. The summed E-state index contributed by atoms with van der Waals surface area (Å²) in [5.41, 5.74) is 0.393. The monoisotopic (exact) mass is 235 g/mol. The number of nitrogens with zero attached hydrogens (tertiary/aromatic N) is 1. The number of carbonyl (C=O) groups is 2. The van der Waals surface area contributed by atoms with Crippen LogP contribution in [0.25, 0.3) is 0 Å². The molecule has 90 valence electrons. The highest BCUT2D eigenvalue weighted by atomic mass is 16.6. The molecule has 17 heavy (non-hydrogen) atoms. The Balaban J connectivity index is 2.26. The van der Waals surface area contributed by atoms with Gasteiger partial charge < -0.3 is 10.3 Å². The summed E-state index contributed by atoms with van der Waals surface area (Å²) < 4.78 is -1.45. The second-order valence-corrected chi connectivity index (χ2v) is 4.19. The molecule has 2 rings (SSSR count). The van der Waals surface area contributed by atoms with E-state index in [1.54, 1.807) is 30.3 Å². The van der Waals surface area contributed by atoms with Crippen molar-refractivity contribution in [2.75, 3.05) is 0 Å². The second kappa shape index (κ2) is 4.03. The number of aliphatic hydroxyl groups excluding tert-OH is 1. The van der Waals surface area contributed by atoms with Crippen LogP contribution in [0.3, 0.4) is 0 Å². The van der Waals surface area contributed by atoms with Gasteiger partial charge in [0.15, 0.2) is 12.3 Å². The molecule has 1 aliphatic heterocycles. The molecule has 0 bridgehead atoms. The van der Waals surface area contributed by atoms with Crippen LogP contribution in [0.1, 0.15) is 23.7 Å². The number of hydroxylamine groups is 3. The van der Waals surface area contributed by atoms with Gasteiger partial charge in [-0.3, -0.25) is 9.44 Å². The highest BCUT2D eigenvalue weighted by molar-refractivity contribution is 6.04. The summed E-state index contributed by atoms with van der Waals surface area (Å²) in [4.78, 5) is 23.3. The predicted octanol–water partition coefficient (Wildman–Crippen LogP) is 0.821. The first-order valence-corrected chi connectivity index (χ1v) is 5.38. The molecule has 1 fully saturated rings. The number of ketones is 1. The Bertz CT molecular complexity index is 457. The van der Waals surface area contributed by atoms with Crippen molar-refractivity contribution >= 4 is 11.7 Å². The number of quaternary nitrogens is 1. The number of carbonyl (C=O) groups excluding carboxylic acids is 2. The molecule has 3 atom stereocenters. The van der Waals surface area contributed by atoms with Crippen LogP contribution in [-0.4, -0.2) is 33.7 Å². The van der Waals surface area contributed by atoms with E-state index in [1.807, 2.05) is 0 Å². The minimum atomic E-state index is -1.45. The summed E-state index contributed by atoms with van der Waals surface area (Å²) >= 11 is 0. The number of hydrogen-bond acceptors (Lipinski definition) is 4. The number of hydrogen-bond donors (Lipinski definition) is 1. The van der Waals surface area contributed by atoms with Crippen LogP contribution >= 0.6 is 0 Å². The van der Waals surface area contributed by atoms with Crippen molar-refractivity contribution in [1.82, 2.24) is 0 Å². The minimum Gasteiger partial charge on any atom is -0.623 e. The summed E-state index contributed by atoms with van der Waals surface area (Å²) in [6.07, 6.45) is -1.50. The van der Waals surface area contributed by atoms with Gasteiger partial charge in [0, 0.05) is 12.5 Å². The molecule has 1 aliphatic rings. The summed E-state index contributed by atoms with van der Waals surface area (Å²) in [7, 11) is 0. The SMILES string of the molecule is C[C@H](O)[N+]1([O-])C(=O)CC1C(=O)c1ccccc1. The summed E-state index contributed by atoms with van der Waals surface area (Å²) in [6.45, 7) is 1.23. The average molecular weight is 235 g/mol.